The molecule has 2 aliphatic carbocycles. The standard InChI is InChI=1S/C15H22ClNO3S2/c1-20-10-15-8-3-2-4-11(7-9-15)14(15)17-22(18,19)13-6-5-12(16)21-13/h5-6,11,14,17H,2-4,7-10H2,1H3/t11-,14+,15+/m0/s1. The van der Waals surface area contributed by atoms with Gasteiger partial charge in [-0.1, -0.05) is 24.4 Å². The van der Waals surface area contributed by atoms with Gasteiger partial charge in [0.25, 0.3) is 0 Å². The number of ether oxygens (including phenoxy) is 1. The maximum Gasteiger partial charge on any atom is 0.250 e. The SMILES string of the molecule is COC[C@@]12CCCC[C@@H](CC1)[C@H]2NS(=O)(=O)c1ccc(Cl)s1. The zero-order valence-electron chi connectivity index (χ0n) is 12.7. The molecule has 124 valence electrons. The molecule has 22 heavy (non-hydrogen) atoms. The summed E-state index contributed by atoms with van der Waals surface area (Å²) in [5, 5.41) is 0. The van der Waals surface area contributed by atoms with Crippen molar-refractivity contribution in [1.29, 1.82) is 0 Å². The molecule has 1 aromatic heterocycles. The fraction of sp³-hybridized carbons (Fsp3) is 0.733. The molecule has 3 rings (SSSR count). The molecule has 2 fully saturated rings. The Hall–Kier alpha value is -0.140. The molecule has 1 heterocycles. The van der Waals surface area contributed by atoms with Crippen LogP contribution in [0.5, 0.6) is 0 Å². The number of thiophene rings is 1. The van der Waals surface area contributed by atoms with Gasteiger partial charge in [0.15, 0.2) is 0 Å². The minimum Gasteiger partial charge on any atom is -0.384 e. The van der Waals surface area contributed by atoms with E-state index in [4.69, 9.17) is 16.3 Å². The van der Waals surface area contributed by atoms with Gasteiger partial charge in [-0.25, -0.2) is 13.1 Å². The molecule has 4 nitrogen and oxygen atoms in total. The smallest absolute Gasteiger partial charge is 0.250 e. The van der Waals surface area contributed by atoms with E-state index in [9.17, 15) is 8.42 Å². The van der Waals surface area contributed by atoms with E-state index in [1.165, 1.54) is 6.42 Å². The Morgan fingerprint density at radius 2 is 2.18 bits per heavy atom. The molecule has 2 bridgehead atoms. The van der Waals surface area contributed by atoms with E-state index in [1.807, 2.05) is 0 Å². The van der Waals surface area contributed by atoms with Gasteiger partial charge in [-0.2, -0.15) is 0 Å². The minimum absolute atomic E-state index is 0.0270. The molecule has 0 radical (unpaired) electrons. The van der Waals surface area contributed by atoms with Crippen molar-refractivity contribution in [3.8, 4) is 0 Å². The van der Waals surface area contributed by atoms with Gasteiger partial charge in [0, 0.05) is 18.6 Å². The molecule has 1 N–H and O–H groups in total. The third kappa shape index (κ3) is 3.08. The van der Waals surface area contributed by atoms with E-state index < -0.39 is 10.0 Å². The first-order valence-corrected chi connectivity index (χ1v) is 10.4. The summed E-state index contributed by atoms with van der Waals surface area (Å²) >= 11 is 7.00. The molecule has 0 aliphatic heterocycles. The van der Waals surface area contributed by atoms with Crippen molar-refractivity contribution in [3.05, 3.63) is 16.5 Å². The Morgan fingerprint density at radius 3 is 2.86 bits per heavy atom. The number of fused-ring (bicyclic) bond motifs is 2. The van der Waals surface area contributed by atoms with Crippen molar-refractivity contribution >= 4 is 33.0 Å². The summed E-state index contributed by atoms with van der Waals surface area (Å²) in [6.07, 6.45) is 6.60. The van der Waals surface area contributed by atoms with Crippen LogP contribution >= 0.6 is 22.9 Å². The average molecular weight is 364 g/mol. The van der Waals surface area contributed by atoms with Gasteiger partial charge < -0.3 is 4.74 Å². The topological polar surface area (TPSA) is 55.4 Å². The van der Waals surface area contributed by atoms with Crippen LogP contribution in [0.25, 0.3) is 0 Å². The van der Waals surface area contributed by atoms with Gasteiger partial charge in [-0.15, -0.1) is 11.3 Å². The lowest BCUT2D eigenvalue weighted by atomic mass is 9.79. The summed E-state index contributed by atoms with van der Waals surface area (Å²) in [6.45, 7) is 0.627. The highest BCUT2D eigenvalue weighted by molar-refractivity contribution is 7.91. The molecule has 1 aromatic rings. The van der Waals surface area contributed by atoms with Crippen LogP contribution in [-0.2, 0) is 14.8 Å². The highest BCUT2D eigenvalue weighted by Crippen LogP contribution is 2.50. The first-order chi connectivity index (χ1) is 10.5. The van der Waals surface area contributed by atoms with E-state index >= 15 is 0 Å². The number of halogens is 1. The highest BCUT2D eigenvalue weighted by atomic mass is 35.5. The zero-order chi connectivity index (χ0) is 15.8. The molecule has 7 heteroatoms. The van der Waals surface area contributed by atoms with Crippen molar-refractivity contribution < 1.29 is 13.2 Å². The first-order valence-electron chi connectivity index (χ1n) is 7.73. The van der Waals surface area contributed by atoms with Crippen LogP contribution < -0.4 is 4.72 Å². The maximum atomic E-state index is 12.7. The second kappa shape index (κ2) is 6.40. The summed E-state index contributed by atoms with van der Waals surface area (Å²) < 4.78 is 34.6. The van der Waals surface area contributed by atoms with E-state index in [0.717, 1.165) is 43.4 Å². The number of methoxy groups -OCH3 is 1. The van der Waals surface area contributed by atoms with Crippen LogP contribution in [0.2, 0.25) is 4.34 Å². The normalized spacial score (nSPS) is 32.1. The van der Waals surface area contributed by atoms with Gasteiger partial charge in [-0.3, -0.25) is 0 Å². The van der Waals surface area contributed by atoms with Gasteiger partial charge in [0.2, 0.25) is 10.0 Å². The van der Waals surface area contributed by atoms with Crippen LogP contribution in [0.1, 0.15) is 38.5 Å². The number of rotatable bonds is 5. The lowest BCUT2D eigenvalue weighted by Gasteiger charge is -2.35. The molecule has 0 saturated heterocycles. The molecule has 0 unspecified atom stereocenters. The fourth-order valence-electron chi connectivity index (χ4n) is 4.18. The monoisotopic (exact) mass is 363 g/mol. The van der Waals surface area contributed by atoms with Crippen molar-refractivity contribution in [2.24, 2.45) is 11.3 Å². The quantitative estimate of drug-likeness (QED) is 0.868. The van der Waals surface area contributed by atoms with Crippen LogP contribution in [0.3, 0.4) is 0 Å². The zero-order valence-corrected chi connectivity index (χ0v) is 15.1. The van der Waals surface area contributed by atoms with Gasteiger partial charge in [-0.05, 0) is 43.7 Å². The molecule has 0 aromatic carbocycles. The maximum absolute atomic E-state index is 12.7. The van der Waals surface area contributed by atoms with E-state index in [0.29, 0.717) is 21.1 Å². The third-order valence-electron chi connectivity index (χ3n) is 5.17. The van der Waals surface area contributed by atoms with Gasteiger partial charge in [0.05, 0.1) is 10.9 Å². The lowest BCUT2D eigenvalue weighted by Crippen LogP contribution is -2.48. The van der Waals surface area contributed by atoms with Crippen molar-refractivity contribution in [2.75, 3.05) is 13.7 Å². The fourth-order valence-corrected chi connectivity index (χ4v) is 7.09. The van der Waals surface area contributed by atoms with Crippen molar-refractivity contribution in [3.63, 3.8) is 0 Å². The second-order valence-electron chi connectivity index (χ2n) is 6.50. The van der Waals surface area contributed by atoms with E-state index in [2.05, 4.69) is 4.72 Å². The Bertz CT molecular complexity index is 626. The number of hydrogen-bond acceptors (Lipinski definition) is 4. The lowest BCUT2D eigenvalue weighted by molar-refractivity contribution is 0.0589. The number of hydrogen-bond donors (Lipinski definition) is 1. The summed E-state index contributed by atoms with van der Waals surface area (Å²) in [5.74, 6) is 0.419. The summed E-state index contributed by atoms with van der Waals surface area (Å²) in [5.41, 5.74) is -0.0515. The largest absolute Gasteiger partial charge is 0.384 e. The molecule has 0 amide bonds. The predicted octanol–water partition coefficient (Wildman–Crippen LogP) is 3.67. The Labute approximate surface area is 141 Å². The predicted molar refractivity (Wildman–Crippen MR) is 88.9 cm³/mol. The van der Waals surface area contributed by atoms with Crippen LogP contribution in [-0.4, -0.2) is 28.2 Å². The number of sulfonamides is 1. The van der Waals surface area contributed by atoms with Crippen molar-refractivity contribution in [2.45, 2.75) is 48.8 Å². The first kappa shape index (κ1) is 16.7. The number of nitrogens with one attached hydrogen (secondary N) is 1. The average Bonchev–Trinajstić information content (AvgIpc) is 2.96. The molecule has 3 atom stereocenters. The Morgan fingerprint density at radius 1 is 1.36 bits per heavy atom. The summed E-state index contributed by atoms with van der Waals surface area (Å²) in [6, 6.07) is 3.19. The van der Waals surface area contributed by atoms with Crippen molar-refractivity contribution in [1.82, 2.24) is 4.72 Å². The van der Waals surface area contributed by atoms with Gasteiger partial charge in [0.1, 0.15) is 4.21 Å². The molecule has 2 saturated carbocycles. The third-order valence-corrected chi connectivity index (χ3v) is 8.34. The highest BCUT2D eigenvalue weighted by Gasteiger charge is 2.50. The van der Waals surface area contributed by atoms with E-state index in [-0.39, 0.29) is 11.5 Å². The second-order valence-corrected chi connectivity index (χ2v) is 10.2. The molecule has 0 spiro atoms. The summed E-state index contributed by atoms with van der Waals surface area (Å²) in [7, 11) is -1.80. The molecular formula is C15H22ClNO3S2. The molecule has 2 aliphatic rings. The van der Waals surface area contributed by atoms with Gasteiger partial charge >= 0.3 is 0 Å². The Balaban J connectivity index is 1.88. The minimum atomic E-state index is -3.51. The van der Waals surface area contributed by atoms with E-state index in [1.54, 1.807) is 19.2 Å². The van der Waals surface area contributed by atoms with Crippen LogP contribution in [0, 0.1) is 11.3 Å². The summed E-state index contributed by atoms with van der Waals surface area (Å²) in [4.78, 5) is 0. The van der Waals surface area contributed by atoms with Crippen LogP contribution in [0.15, 0.2) is 16.3 Å². The molecular weight excluding hydrogens is 342 g/mol. The van der Waals surface area contributed by atoms with Crippen LogP contribution in [0.4, 0.5) is 0 Å². The Kier molecular flexibility index (Phi) is 4.86.